The molecular weight excluding hydrogens is 398 g/mol. The minimum Gasteiger partial charge on any atom is -0.355 e. The molecule has 1 aromatic heterocycles. The van der Waals surface area contributed by atoms with E-state index in [1.807, 2.05) is 11.8 Å². The van der Waals surface area contributed by atoms with E-state index in [4.69, 9.17) is 11.6 Å². The van der Waals surface area contributed by atoms with E-state index in [1.165, 1.54) is 24.6 Å². The molecule has 0 radical (unpaired) electrons. The Hall–Kier alpha value is -1.54. The summed E-state index contributed by atoms with van der Waals surface area (Å²) in [4.78, 5) is 37.3. The zero-order chi connectivity index (χ0) is 19.9. The lowest BCUT2D eigenvalue weighted by molar-refractivity contribution is -0.135. The van der Waals surface area contributed by atoms with E-state index in [-0.39, 0.29) is 17.6 Å². The Morgan fingerprint density at radius 1 is 1.21 bits per heavy atom. The van der Waals surface area contributed by atoms with Crippen LogP contribution in [0.2, 0.25) is 5.15 Å². The van der Waals surface area contributed by atoms with E-state index in [9.17, 15) is 9.59 Å². The molecular formula is C19H28ClN5O2S. The lowest BCUT2D eigenvalue weighted by atomic mass is 10.1. The lowest BCUT2D eigenvalue weighted by Gasteiger charge is -2.36. The zero-order valence-electron chi connectivity index (χ0n) is 16.3. The van der Waals surface area contributed by atoms with E-state index >= 15 is 0 Å². The van der Waals surface area contributed by atoms with Gasteiger partial charge >= 0.3 is 0 Å². The average molecular weight is 426 g/mol. The van der Waals surface area contributed by atoms with Crippen LogP contribution in [-0.2, 0) is 9.59 Å². The van der Waals surface area contributed by atoms with Gasteiger partial charge in [0.1, 0.15) is 11.0 Å². The first-order valence-electron chi connectivity index (χ1n) is 10.0. The number of hydrogen-bond acceptors (Lipinski definition) is 6. The van der Waals surface area contributed by atoms with Crippen LogP contribution in [0.15, 0.2) is 11.2 Å². The smallest absolute Gasteiger partial charge is 0.230 e. The molecule has 1 saturated carbocycles. The van der Waals surface area contributed by atoms with E-state index in [0.717, 1.165) is 38.2 Å². The normalized spacial score (nSPS) is 17.8. The zero-order valence-corrected chi connectivity index (χ0v) is 17.9. The summed E-state index contributed by atoms with van der Waals surface area (Å²) in [7, 11) is 0. The summed E-state index contributed by atoms with van der Waals surface area (Å²) < 4.78 is 0. The third-order valence-corrected chi connectivity index (χ3v) is 6.23. The second-order valence-corrected chi connectivity index (χ2v) is 8.59. The third-order valence-electron chi connectivity index (χ3n) is 5.19. The van der Waals surface area contributed by atoms with Crippen molar-refractivity contribution in [1.29, 1.82) is 0 Å². The van der Waals surface area contributed by atoms with Crippen LogP contribution in [0.25, 0.3) is 0 Å². The van der Waals surface area contributed by atoms with Gasteiger partial charge in [-0.25, -0.2) is 9.97 Å². The molecule has 1 N–H and O–H groups in total. The largest absolute Gasteiger partial charge is 0.355 e. The molecule has 2 aliphatic rings. The molecule has 0 spiro atoms. The highest BCUT2D eigenvalue weighted by atomic mass is 35.5. The molecule has 3 rings (SSSR count). The van der Waals surface area contributed by atoms with Crippen LogP contribution in [0, 0.1) is 5.92 Å². The number of anilines is 1. The number of hydrogen-bond donors (Lipinski definition) is 1. The second-order valence-electron chi connectivity index (χ2n) is 7.26. The highest BCUT2D eigenvalue weighted by Crippen LogP contribution is 2.28. The van der Waals surface area contributed by atoms with Crippen LogP contribution in [0.1, 0.15) is 39.0 Å². The molecule has 7 nitrogen and oxygen atoms in total. The second kappa shape index (κ2) is 10.3. The molecule has 1 aliphatic heterocycles. The minimum absolute atomic E-state index is 0.0315. The number of amides is 2. The fraction of sp³-hybridized carbons (Fsp3) is 0.684. The Labute approximate surface area is 175 Å². The van der Waals surface area contributed by atoms with E-state index in [0.29, 0.717) is 35.9 Å². The van der Waals surface area contributed by atoms with Gasteiger partial charge in [-0.15, -0.1) is 0 Å². The quantitative estimate of drug-likeness (QED) is 0.411. The Balaban J connectivity index is 1.54. The van der Waals surface area contributed by atoms with E-state index in [1.54, 1.807) is 6.07 Å². The monoisotopic (exact) mass is 425 g/mol. The molecule has 1 aromatic rings. The van der Waals surface area contributed by atoms with Crippen molar-refractivity contribution in [2.45, 2.75) is 44.2 Å². The van der Waals surface area contributed by atoms with Gasteiger partial charge in [-0.3, -0.25) is 9.59 Å². The number of carbonyl (C=O) groups is 2. The van der Waals surface area contributed by atoms with Crippen LogP contribution in [-0.4, -0.2) is 65.2 Å². The number of nitrogens with zero attached hydrogens (tertiary/aromatic N) is 4. The summed E-state index contributed by atoms with van der Waals surface area (Å²) in [6, 6.07) is 1.75. The number of aromatic nitrogens is 2. The lowest BCUT2D eigenvalue weighted by Crippen LogP contribution is -2.50. The summed E-state index contributed by atoms with van der Waals surface area (Å²) in [5.41, 5.74) is 0. The summed E-state index contributed by atoms with van der Waals surface area (Å²) >= 11 is 7.46. The fourth-order valence-corrected chi connectivity index (χ4v) is 4.56. The highest BCUT2D eigenvalue weighted by molar-refractivity contribution is 7.99. The molecule has 0 atom stereocenters. The molecule has 9 heteroatoms. The molecule has 2 heterocycles. The maximum Gasteiger partial charge on any atom is 0.230 e. The van der Waals surface area contributed by atoms with Crippen molar-refractivity contribution in [2.75, 3.05) is 43.4 Å². The van der Waals surface area contributed by atoms with Gasteiger partial charge in [0.15, 0.2) is 5.16 Å². The van der Waals surface area contributed by atoms with Crippen LogP contribution in [0.5, 0.6) is 0 Å². The topological polar surface area (TPSA) is 78.4 Å². The molecule has 2 amide bonds. The molecule has 1 aliphatic carbocycles. The molecule has 2 fully saturated rings. The average Bonchev–Trinajstić information content (AvgIpc) is 3.25. The standard InChI is InChI=1S/C19H28ClN5O2S/c1-2-7-21-17(26)13-28-19-22-15(20)12-16(23-19)24-8-10-25(11-9-24)18(27)14-5-3-4-6-14/h12,14H,2-11,13H2,1H3,(H,21,26). The Morgan fingerprint density at radius 3 is 2.61 bits per heavy atom. The van der Waals surface area contributed by atoms with Crippen LogP contribution < -0.4 is 10.2 Å². The molecule has 0 unspecified atom stereocenters. The van der Waals surface area contributed by atoms with Crippen LogP contribution >= 0.6 is 23.4 Å². The van der Waals surface area contributed by atoms with Gasteiger partial charge < -0.3 is 15.1 Å². The predicted molar refractivity (Wildman–Crippen MR) is 112 cm³/mol. The molecule has 1 saturated heterocycles. The number of nitrogens with one attached hydrogen (secondary N) is 1. The predicted octanol–water partition coefficient (Wildman–Crippen LogP) is 2.59. The fourth-order valence-electron chi connectivity index (χ4n) is 3.64. The van der Waals surface area contributed by atoms with Gasteiger partial charge in [-0.2, -0.15) is 0 Å². The van der Waals surface area contributed by atoms with Crippen molar-refractivity contribution in [3.05, 3.63) is 11.2 Å². The first kappa shape index (κ1) is 21.2. The van der Waals surface area contributed by atoms with Crippen molar-refractivity contribution >= 4 is 41.0 Å². The van der Waals surface area contributed by atoms with Crippen LogP contribution in [0.4, 0.5) is 5.82 Å². The molecule has 154 valence electrons. The van der Waals surface area contributed by atoms with Gasteiger partial charge in [-0.05, 0) is 19.3 Å². The Morgan fingerprint density at radius 2 is 1.93 bits per heavy atom. The SMILES string of the molecule is CCCNC(=O)CSc1nc(Cl)cc(N2CCN(C(=O)C3CCCC3)CC2)n1. The van der Waals surface area contributed by atoms with Gasteiger partial charge in [0, 0.05) is 44.7 Å². The number of rotatable bonds is 7. The van der Waals surface area contributed by atoms with Crippen molar-refractivity contribution in [3.63, 3.8) is 0 Å². The first-order chi connectivity index (χ1) is 13.6. The minimum atomic E-state index is -0.0315. The van der Waals surface area contributed by atoms with Crippen LogP contribution in [0.3, 0.4) is 0 Å². The summed E-state index contributed by atoms with van der Waals surface area (Å²) in [5, 5.41) is 3.70. The maximum atomic E-state index is 12.6. The first-order valence-corrected chi connectivity index (χ1v) is 11.4. The van der Waals surface area contributed by atoms with Crippen molar-refractivity contribution in [1.82, 2.24) is 20.2 Å². The summed E-state index contributed by atoms with van der Waals surface area (Å²) in [5.74, 6) is 1.53. The van der Waals surface area contributed by atoms with Gasteiger partial charge in [0.25, 0.3) is 0 Å². The van der Waals surface area contributed by atoms with Crippen molar-refractivity contribution in [2.24, 2.45) is 5.92 Å². The molecule has 0 bridgehead atoms. The van der Waals surface area contributed by atoms with Gasteiger partial charge in [-0.1, -0.05) is 43.1 Å². The molecule has 0 aromatic carbocycles. The van der Waals surface area contributed by atoms with Crippen molar-refractivity contribution in [3.8, 4) is 0 Å². The third kappa shape index (κ3) is 5.73. The van der Waals surface area contributed by atoms with E-state index in [2.05, 4.69) is 20.2 Å². The van der Waals surface area contributed by atoms with Crippen molar-refractivity contribution < 1.29 is 9.59 Å². The Bertz CT molecular complexity index is 691. The number of thioether (sulfide) groups is 1. The number of piperazine rings is 1. The number of carbonyl (C=O) groups excluding carboxylic acids is 2. The molecule has 28 heavy (non-hydrogen) atoms. The maximum absolute atomic E-state index is 12.6. The van der Waals surface area contributed by atoms with Gasteiger partial charge in [0.05, 0.1) is 5.75 Å². The highest BCUT2D eigenvalue weighted by Gasteiger charge is 2.29. The Kier molecular flexibility index (Phi) is 7.79. The van der Waals surface area contributed by atoms with E-state index < -0.39 is 0 Å². The number of halogens is 1. The summed E-state index contributed by atoms with van der Waals surface area (Å²) in [6.45, 7) is 5.56. The van der Waals surface area contributed by atoms with Gasteiger partial charge in [0.2, 0.25) is 11.8 Å². The summed E-state index contributed by atoms with van der Waals surface area (Å²) in [6.07, 6.45) is 5.32.